The summed E-state index contributed by atoms with van der Waals surface area (Å²) in [4.78, 5) is 7.90. The molecule has 0 amide bonds. The van der Waals surface area contributed by atoms with Crippen LogP contribution in [0.15, 0.2) is 88.8 Å². The smallest absolute Gasteiger partial charge is 0.457 e. The van der Waals surface area contributed by atoms with Crippen LogP contribution < -0.4 is 26.3 Å². The lowest BCUT2D eigenvalue weighted by molar-refractivity contribution is -0.274. The molecule has 3 aromatic rings. The fraction of sp³-hybridized carbons (Fsp3) is 0.0476. The second-order valence-corrected chi connectivity index (χ2v) is 6.08. The van der Waals surface area contributed by atoms with Crippen LogP contribution in [0.3, 0.4) is 0 Å². The zero-order valence-corrected chi connectivity index (χ0v) is 17.2. The van der Waals surface area contributed by atoms with Crippen molar-refractivity contribution in [2.45, 2.75) is 6.36 Å². The van der Waals surface area contributed by atoms with Crippen LogP contribution >= 0.6 is 12.4 Å². The third-order valence-electron chi connectivity index (χ3n) is 3.63. The molecule has 32 heavy (non-hydrogen) atoms. The van der Waals surface area contributed by atoms with E-state index >= 15 is 0 Å². The summed E-state index contributed by atoms with van der Waals surface area (Å²) in [6.07, 6.45) is -4.77. The number of nitrogens with one attached hydrogen (secondary N) is 1. The highest BCUT2D eigenvalue weighted by Gasteiger charge is 2.30. The van der Waals surface area contributed by atoms with Crippen molar-refractivity contribution in [3.8, 4) is 17.2 Å². The van der Waals surface area contributed by atoms with Gasteiger partial charge in [0, 0.05) is 11.8 Å². The van der Waals surface area contributed by atoms with E-state index in [9.17, 15) is 13.2 Å². The number of aliphatic imine (C=N–C) groups is 2. The maximum absolute atomic E-state index is 12.2. The Morgan fingerprint density at radius 3 is 2.12 bits per heavy atom. The van der Waals surface area contributed by atoms with Gasteiger partial charge in [-0.2, -0.15) is 4.99 Å². The van der Waals surface area contributed by atoms with Crippen molar-refractivity contribution >= 4 is 35.7 Å². The average molecular weight is 466 g/mol. The van der Waals surface area contributed by atoms with E-state index in [-0.39, 0.29) is 35.8 Å². The van der Waals surface area contributed by atoms with E-state index in [0.717, 1.165) is 12.1 Å². The molecule has 3 aromatic carbocycles. The molecule has 0 unspecified atom stereocenters. The number of nitrogens with zero attached hydrogens (tertiary/aromatic N) is 2. The quantitative estimate of drug-likeness (QED) is 0.356. The summed E-state index contributed by atoms with van der Waals surface area (Å²) in [5, 5.41) is 2.86. The number of nitrogens with two attached hydrogens (primary N) is 2. The topological polar surface area (TPSA) is 107 Å². The molecule has 0 bridgehead atoms. The first-order chi connectivity index (χ1) is 14.8. The van der Waals surface area contributed by atoms with Gasteiger partial charge in [-0.3, -0.25) is 0 Å². The largest absolute Gasteiger partial charge is 0.573 e. The van der Waals surface area contributed by atoms with Crippen LogP contribution in [-0.4, -0.2) is 18.3 Å². The lowest BCUT2D eigenvalue weighted by atomic mass is 10.3. The van der Waals surface area contributed by atoms with Crippen LogP contribution in [0, 0.1) is 0 Å². The van der Waals surface area contributed by atoms with E-state index in [1.54, 1.807) is 24.3 Å². The summed E-state index contributed by atoms with van der Waals surface area (Å²) >= 11 is 0. The Kier molecular flexibility index (Phi) is 8.31. The number of hydrogen-bond donors (Lipinski definition) is 3. The molecule has 0 heterocycles. The van der Waals surface area contributed by atoms with Crippen molar-refractivity contribution in [3.63, 3.8) is 0 Å². The van der Waals surface area contributed by atoms with Gasteiger partial charge in [-0.1, -0.05) is 24.3 Å². The van der Waals surface area contributed by atoms with Gasteiger partial charge in [0.15, 0.2) is 0 Å². The summed E-state index contributed by atoms with van der Waals surface area (Å²) < 4.78 is 46.1. The number of para-hydroxylation sites is 1. The highest BCUT2D eigenvalue weighted by atomic mass is 35.5. The molecular weight excluding hydrogens is 447 g/mol. The van der Waals surface area contributed by atoms with Crippen molar-refractivity contribution in [2.24, 2.45) is 21.5 Å². The number of guanidine groups is 2. The zero-order valence-electron chi connectivity index (χ0n) is 16.4. The van der Waals surface area contributed by atoms with Gasteiger partial charge in [0.25, 0.3) is 0 Å². The number of alkyl halides is 3. The molecule has 0 aliphatic carbocycles. The lowest BCUT2D eigenvalue weighted by Gasteiger charge is -2.09. The van der Waals surface area contributed by atoms with Gasteiger partial charge in [-0.05, 0) is 48.5 Å². The summed E-state index contributed by atoms with van der Waals surface area (Å²) in [6.45, 7) is 0. The van der Waals surface area contributed by atoms with Crippen LogP contribution in [0.25, 0.3) is 0 Å². The van der Waals surface area contributed by atoms with E-state index in [0.29, 0.717) is 17.2 Å². The monoisotopic (exact) mass is 465 g/mol. The second-order valence-electron chi connectivity index (χ2n) is 6.08. The van der Waals surface area contributed by atoms with Gasteiger partial charge in [0.2, 0.25) is 11.9 Å². The number of ether oxygens (including phenoxy) is 2. The lowest BCUT2D eigenvalue weighted by Crippen LogP contribution is -2.26. The minimum atomic E-state index is -4.77. The molecule has 0 aromatic heterocycles. The predicted molar refractivity (Wildman–Crippen MR) is 120 cm³/mol. The maximum Gasteiger partial charge on any atom is 0.573 e. The molecule has 0 atom stereocenters. The molecule has 0 saturated heterocycles. The number of hydrogen-bond acceptors (Lipinski definition) is 3. The molecule has 0 spiro atoms. The van der Waals surface area contributed by atoms with Crippen molar-refractivity contribution < 1.29 is 22.6 Å². The molecule has 0 aliphatic rings. The fourth-order valence-electron chi connectivity index (χ4n) is 2.44. The van der Waals surface area contributed by atoms with E-state index < -0.39 is 6.36 Å². The number of anilines is 1. The third-order valence-corrected chi connectivity index (χ3v) is 3.63. The zero-order chi connectivity index (χ0) is 22.3. The first-order valence-corrected chi connectivity index (χ1v) is 8.91. The van der Waals surface area contributed by atoms with Gasteiger partial charge in [0.1, 0.15) is 17.2 Å². The van der Waals surface area contributed by atoms with Crippen LogP contribution in [0.4, 0.5) is 24.5 Å². The highest BCUT2D eigenvalue weighted by molar-refractivity contribution is 6.01. The molecule has 7 nitrogen and oxygen atoms in total. The highest BCUT2D eigenvalue weighted by Crippen LogP contribution is 2.25. The van der Waals surface area contributed by atoms with Gasteiger partial charge < -0.3 is 26.3 Å². The summed E-state index contributed by atoms with van der Waals surface area (Å²) in [5.74, 6) is 0.685. The van der Waals surface area contributed by atoms with Crippen molar-refractivity contribution in [1.82, 2.24) is 0 Å². The first kappa shape index (κ1) is 24.4. The van der Waals surface area contributed by atoms with E-state index in [2.05, 4.69) is 20.0 Å². The molecule has 3 rings (SSSR count). The Balaban J connectivity index is 0.00000363. The normalized spacial score (nSPS) is 12.0. The van der Waals surface area contributed by atoms with Gasteiger partial charge in [0.05, 0.1) is 5.69 Å². The van der Waals surface area contributed by atoms with E-state index in [4.69, 9.17) is 16.2 Å². The minimum Gasteiger partial charge on any atom is -0.457 e. The summed E-state index contributed by atoms with van der Waals surface area (Å²) in [7, 11) is 0. The molecule has 0 fully saturated rings. The number of benzene rings is 3. The molecule has 0 aliphatic heterocycles. The number of halogens is 4. The fourth-order valence-corrected chi connectivity index (χ4v) is 2.44. The average Bonchev–Trinajstić information content (AvgIpc) is 2.69. The summed E-state index contributed by atoms with van der Waals surface area (Å²) in [5.41, 5.74) is 12.5. The molecule has 0 saturated carbocycles. The maximum atomic E-state index is 12.2. The molecule has 11 heteroatoms. The van der Waals surface area contributed by atoms with Crippen molar-refractivity contribution in [2.75, 3.05) is 5.32 Å². The second kappa shape index (κ2) is 10.9. The first-order valence-electron chi connectivity index (χ1n) is 8.91. The Bertz CT molecular complexity index is 1070. The van der Waals surface area contributed by atoms with Crippen LogP contribution in [0.5, 0.6) is 17.2 Å². The Morgan fingerprint density at radius 2 is 1.47 bits per heavy atom. The minimum absolute atomic E-state index is 0. The Hall–Kier alpha value is -3.92. The standard InChI is InChI=1S/C21H18F3N5O2.ClH/c22-21(23,24)31-17-11-9-14(10-12-17)27-19(25)29-20(26)28-15-5-4-8-18(13-15)30-16-6-2-1-3-7-16;/h1-13H,(H5,25,26,27,28,29);1H. The molecule has 168 valence electrons. The van der Waals surface area contributed by atoms with E-state index in [1.807, 2.05) is 30.3 Å². The Morgan fingerprint density at radius 1 is 0.812 bits per heavy atom. The van der Waals surface area contributed by atoms with Crippen LogP contribution in [-0.2, 0) is 0 Å². The summed E-state index contributed by atoms with van der Waals surface area (Å²) in [6, 6.07) is 21.1. The number of rotatable bonds is 5. The van der Waals surface area contributed by atoms with Gasteiger partial charge >= 0.3 is 6.36 Å². The SMILES string of the molecule is Cl.NC(=Nc1ccc(OC(F)(F)F)cc1)N=C(N)Nc1cccc(Oc2ccccc2)c1. The van der Waals surface area contributed by atoms with Crippen LogP contribution in [0.2, 0.25) is 0 Å². The predicted octanol–water partition coefficient (Wildman–Crippen LogP) is 5.17. The van der Waals surface area contributed by atoms with Gasteiger partial charge in [-0.25, -0.2) is 4.99 Å². The van der Waals surface area contributed by atoms with Crippen LogP contribution in [0.1, 0.15) is 0 Å². The Labute approximate surface area is 188 Å². The van der Waals surface area contributed by atoms with Crippen molar-refractivity contribution in [1.29, 1.82) is 0 Å². The van der Waals surface area contributed by atoms with Gasteiger partial charge in [-0.15, -0.1) is 25.6 Å². The van der Waals surface area contributed by atoms with Crippen molar-refractivity contribution in [3.05, 3.63) is 78.9 Å². The molecular formula is C21H19ClF3N5O2. The van der Waals surface area contributed by atoms with E-state index in [1.165, 1.54) is 12.1 Å². The molecule has 5 N–H and O–H groups in total. The molecule has 0 radical (unpaired) electrons. The third kappa shape index (κ3) is 8.07.